The standard InChI is InChI=1S/C16H21N3O/c1-18(9-12-8-16(20)19(2)10-12)11-13-4-3-5-15-14(13)6-7-17-15/h3-7,12,17H,8-11H2,1-2H3/t12-/m0/s1. The third kappa shape index (κ3) is 2.56. The molecule has 0 saturated carbocycles. The number of H-pyrrole nitrogens is 1. The van der Waals surface area contributed by atoms with Gasteiger partial charge in [0.2, 0.25) is 5.91 Å². The zero-order chi connectivity index (χ0) is 14.1. The van der Waals surface area contributed by atoms with Gasteiger partial charge in [-0.05, 0) is 30.7 Å². The molecule has 1 atom stereocenters. The maximum absolute atomic E-state index is 11.6. The molecule has 1 aromatic heterocycles. The highest BCUT2D eigenvalue weighted by Gasteiger charge is 2.27. The normalized spacial score (nSPS) is 19.4. The molecule has 1 aromatic carbocycles. The molecule has 3 rings (SSSR count). The third-order valence-electron chi connectivity index (χ3n) is 4.12. The van der Waals surface area contributed by atoms with E-state index >= 15 is 0 Å². The van der Waals surface area contributed by atoms with E-state index in [0.717, 1.165) is 19.6 Å². The second-order valence-electron chi connectivity index (χ2n) is 5.90. The molecular weight excluding hydrogens is 250 g/mol. The van der Waals surface area contributed by atoms with Crippen molar-refractivity contribution in [3.63, 3.8) is 0 Å². The number of likely N-dealkylation sites (tertiary alicyclic amines) is 1. The summed E-state index contributed by atoms with van der Waals surface area (Å²) in [6.45, 7) is 2.78. The molecule has 2 aromatic rings. The maximum Gasteiger partial charge on any atom is 0.222 e. The summed E-state index contributed by atoms with van der Waals surface area (Å²) in [6, 6.07) is 8.50. The zero-order valence-corrected chi connectivity index (χ0v) is 12.1. The van der Waals surface area contributed by atoms with Crippen molar-refractivity contribution in [3.05, 3.63) is 36.0 Å². The van der Waals surface area contributed by atoms with Crippen LogP contribution in [0.4, 0.5) is 0 Å². The average molecular weight is 271 g/mol. The maximum atomic E-state index is 11.6. The number of carbonyl (C=O) groups excluding carboxylic acids is 1. The fourth-order valence-electron chi connectivity index (χ4n) is 3.16. The predicted molar refractivity (Wildman–Crippen MR) is 80.4 cm³/mol. The number of benzene rings is 1. The van der Waals surface area contributed by atoms with Gasteiger partial charge in [0.05, 0.1) is 0 Å². The van der Waals surface area contributed by atoms with Gasteiger partial charge >= 0.3 is 0 Å². The van der Waals surface area contributed by atoms with Crippen LogP contribution in [0.15, 0.2) is 30.5 Å². The Bertz CT molecular complexity index is 619. The van der Waals surface area contributed by atoms with Gasteiger partial charge in [0, 0.05) is 50.2 Å². The smallest absolute Gasteiger partial charge is 0.222 e. The van der Waals surface area contributed by atoms with Crippen LogP contribution >= 0.6 is 0 Å². The molecule has 4 nitrogen and oxygen atoms in total. The molecule has 1 aliphatic rings. The zero-order valence-electron chi connectivity index (χ0n) is 12.1. The quantitative estimate of drug-likeness (QED) is 0.924. The van der Waals surface area contributed by atoms with Gasteiger partial charge in [-0.2, -0.15) is 0 Å². The van der Waals surface area contributed by atoms with Crippen LogP contribution in [-0.2, 0) is 11.3 Å². The lowest BCUT2D eigenvalue weighted by atomic mass is 10.1. The van der Waals surface area contributed by atoms with Crippen molar-refractivity contribution in [3.8, 4) is 0 Å². The first-order chi connectivity index (χ1) is 9.63. The first-order valence-electron chi connectivity index (χ1n) is 7.11. The predicted octanol–water partition coefficient (Wildman–Crippen LogP) is 2.08. The van der Waals surface area contributed by atoms with Gasteiger partial charge in [0.25, 0.3) is 0 Å². The van der Waals surface area contributed by atoms with Crippen molar-refractivity contribution in [2.24, 2.45) is 5.92 Å². The molecular formula is C16H21N3O. The summed E-state index contributed by atoms with van der Waals surface area (Å²) in [6.07, 6.45) is 2.67. The number of amides is 1. The van der Waals surface area contributed by atoms with Crippen molar-refractivity contribution in [1.82, 2.24) is 14.8 Å². The summed E-state index contributed by atoms with van der Waals surface area (Å²) in [7, 11) is 4.02. The molecule has 4 heteroatoms. The SMILES string of the molecule is CN(Cc1cccc2[nH]ccc12)C[C@@H]1CC(=O)N(C)C1. The van der Waals surface area contributed by atoms with Gasteiger partial charge in [-0.3, -0.25) is 4.79 Å². The number of nitrogens with zero attached hydrogens (tertiary/aromatic N) is 2. The molecule has 1 aliphatic heterocycles. The number of carbonyl (C=O) groups is 1. The first kappa shape index (κ1) is 13.2. The van der Waals surface area contributed by atoms with Crippen LogP contribution in [0.25, 0.3) is 10.9 Å². The number of aromatic nitrogens is 1. The van der Waals surface area contributed by atoms with E-state index < -0.39 is 0 Å². The Hall–Kier alpha value is -1.81. The lowest BCUT2D eigenvalue weighted by Crippen LogP contribution is -2.27. The summed E-state index contributed by atoms with van der Waals surface area (Å²) < 4.78 is 0. The Balaban J connectivity index is 1.66. The molecule has 1 N–H and O–H groups in total. The Morgan fingerprint density at radius 3 is 3.00 bits per heavy atom. The summed E-state index contributed by atoms with van der Waals surface area (Å²) in [5.41, 5.74) is 2.52. The monoisotopic (exact) mass is 271 g/mol. The van der Waals surface area contributed by atoms with Crippen molar-refractivity contribution in [2.45, 2.75) is 13.0 Å². The fraction of sp³-hybridized carbons (Fsp3) is 0.438. The summed E-state index contributed by atoms with van der Waals surface area (Å²) in [4.78, 5) is 19.0. The fourth-order valence-corrected chi connectivity index (χ4v) is 3.16. The highest BCUT2D eigenvalue weighted by Crippen LogP contribution is 2.21. The van der Waals surface area contributed by atoms with Crippen molar-refractivity contribution >= 4 is 16.8 Å². The Labute approximate surface area is 119 Å². The summed E-state index contributed by atoms with van der Waals surface area (Å²) in [5.74, 6) is 0.735. The second-order valence-corrected chi connectivity index (χ2v) is 5.90. The number of nitrogens with one attached hydrogen (secondary N) is 1. The molecule has 20 heavy (non-hydrogen) atoms. The van der Waals surface area contributed by atoms with Gasteiger partial charge in [-0.1, -0.05) is 12.1 Å². The van der Waals surface area contributed by atoms with E-state index in [1.54, 1.807) is 0 Å². The molecule has 1 saturated heterocycles. The van der Waals surface area contributed by atoms with Crippen LogP contribution in [0.2, 0.25) is 0 Å². The van der Waals surface area contributed by atoms with Gasteiger partial charge in [-0.25, -0.2) is 0 Å². The number of hydrogen-bond donors (Lipinski definition) is 1. The molecule has 0 unspecified atom stereocenters. The number of aromatic amines is 1. The topological polar surface area (TPSA) is 39.3 Å². The lowest BCUT2D eigenvalue weighted by molar-refractivity contribution is -0.126. The molecule has 0 bridgehead atoms. The van der Waals surface area contributed by atoms with Gasteiger partial charge in [0.1, 0.15) is 0 Å². The average Bonchev–Trinajstić information content (AvgIpc) is 2.98. The minimum absolute atomic E-state index is 0.274. The highest BCUT2D eigenvalue weighted by atomic mass is 16.2. The Morgan fingerprint density at radius 1 is 1.40 bits per heavy atom. The van der Waals surface area contributed by atoms with E-state index in [4.69, 9.17) is 0 Å². The summed E-state index contributed by atoms with van der Waals surface area (Å²) >= 11 is 0. The van der Waals surface area contributed by atoms with Crippen molar-refractivity contribution in [1.29, 1.82) is 0 Å². The van der Waals surface area contributed by atoms with E-state index in [9.17, 15) is 4.79 Å². The molecule has 2 heterocycles. The number of fused-ring (bicyclic) bond motifs is 1. The van der Waals surface area contributed by atoms with Crippen LogP contribution in [0.1, 0.15) is 12.0 Å². The van der Waals surface area contributed by atoms with Gasteiger partial charge in [-0.15, -0.1) is 0 Å². The minimum atomic E-state index is 0.274. The lowest BCUT2D eigenvalue weighted by Gasteiger charge is -2.21. The molecule has 106 valence electrons. The molecule has 1 amide bonds. The van der Waals surface area contributed by atoms with Crippen LogP contribution < -0.4 is 0 Å². The highest BCUT2D eigenvalue weighted by molar-refractivity contribution is 5.82. The second kappa shape index (κ2) is 5.29. The minimum Gasteiger partial charge on any atom is -0.361 e. The largest absolute Gasteiger partial charge is 0.361 e. The van der Waals surface area contributed by atoms with E-state index in [-0.39, 0.29) is 5.91 Å². The molecule has 0 aliphatic carbocycles. The van der Waals surface area contributed by atoms with E-state index in [0.29, 0.717) is 12.3 Å². The first-order valence-corrected chi connectivity index (χ1v) is 7.11. The summed E-state index contributed by atoms with van der Waals surface area (Å²) in [5, 5.41) is 1.29. The van der Waals surface area contributed by atoms with Gasteiger partial charge in [0.15, 0.2) is 0 Å². The van der Waals surface area contributed by atoms with Crippen molar-refractivity contribution in [2.75, 3.05) is 27.2 Å². The molecule has 1 fully saturated rings. The Morgan fingerprint density at radius 2 is 2.25 bits per heavy atom. The van der Waals surface area contributed by atoms with Crippen LogP contribution in [0.3, 0.4) is 0 Å². The molecule has 0 spiro atoms. The van der Waals surface area contributed by atoms with E-state index in [1.165, 1.54) is 16.5 Å². The van der Waals surface area contributed by atoms with Gasteiger partial charge < -0.3 is 14.8 Å². The van der Waals surface area contributed by atoms with Crippen LogP contribution in [0, 0.1) is 5.92 Å². The Kier molecular flexibility index (Phi) is 3.49. The number of rotatable bonds is 4. The van der Waals surface area contributed by atoms with E-state index in [2.05, 4.69) is 41.2 Å². The van der Waals surface area contributed by atoms with Crippen LogP contribution in [-0.4, -0.2) is 47.9 Å². The third-order valence-corrected chi connectivity index (χ3v) is 4.12. The van der Waals surface area contributed by atoms with E-state index in [1.807, 2.05) is 18.1 Å². The van der Waals surface area contributed by atoms with Crippen molar-refractivity contribution < 1.29 is 4.79 Å². The molecule has 0 radical (unpaired) electrons. The number of hydrogen-bond acceptors (Lipinski definition) is 2. The van der Waals surface area contributed by atoms with Crippen LogP contribution in [0.5, 0.6) is 0 Å².